The molecule has 1 aliphatic heterocycles. The van der Waals surface area contributed by atoms with Crippen molar-refractivity contribution in [1.82, 2.24) is 30.6 Å². The SMILES string of the molecule is Cc1cc(C(F)F)n(-c2cc(NC3NNC(c4ccc(F)cc4)C3C)ncn2)n1. The molecule has 1 saturated heterocycles. The van der Waals surface area contributed by atoms with Crippen LogP contribution in [-0.2, 0) is 0 Å². The molecule has 0 amide bonds. The molecule has 10 heteroatoms. The Bertz CT molecular complexity index is 990. The van der Waals surface area contributed by atoms with Gasteiger partial charge in [-0.25, -0.2) is 38.7 Å². The maximum Gasteiger partial charge on any atom is 0.280 e. The monoisotopic (exact) mass is 403 g/mol. The van der Waals surface area contributed by atoms with E-state index in [1.165, 1.54) is 24.5 Å². The van der Waals surface area contributed by atoms with Crippen LogP contribution in [0, 0.1) is 18.7 Å². The smallest absolute Gasteiger partial charge is 0.280 e. The molecule has 3 aromatic rings. The van der Waals surface area contributed by atoms with Crippen molar-refractivity contribution in [3.63, 3.8) is 0 Å². The summed E-state index contributed by atoms with van der Waals surface area (Å²) in [6, 6.07) is 9.19. The molecule has 0 radical (unpaired) electrons. The van der Waals surface area contributed by atoms with E-state index in [1.54, 1.807) is 25.1 Å². The minimum Gasteiger partial charge on any atom is -0.353 e. The van der Waals surface area contributed by atoms with Crippen LogP contribution in [0.15, 0.2) is 42.7 Å². The van der Waals surface area contributed by atoms with Crippen LogP contribution in [0.4, 0.5) is 19.0 Å². The van der Waals surface area contributed by atoms with Crippen LogP contribution in [0.1, 0.15) is 36.3 Å². The molecule has 1 aliphatic rings. The van der Waals surface area contributed by atoms with Crippen molar-refractivity contribution in [3.8, 4) is 5.82 Å². The van der Waals surface area contributed by atoms with Crippen LogP contribution in [0.3, 0.4) is 0 Å². The highest BCUT2D eigenvalue weighted by Crippen LogP contribution is 2.29. The molecule has 1 fully saturated rings. The summed E-state index contributed by atoms with van der Waals surface area (Å²) in [5.74, 6) is 0.517. The second-order valence-corrected chi connectivity index (χ2v) is 6.98. The van der Waals surface area contributed by atoms with Gasteiger partial charge in [-0.2, -0.15) is 5.10 Å². The average Bonchev–Trinajstić information content (AvgIpc) is 3.26. The number of nitrogens with one attached hydrogen (secondary N) is 3. The van der Waals surface area contributed by atoms with Gasteiger partial charge in [-0.05, 0) is 30.7 Å². The third-order valence-corrected chi connectivity index (χ3v) is 4.93. The van der Waals surface area contributed by atoms with Crippen molar-refractivity contribution in [2.75, 3.05) is 5.32 Å². The van der Waals surface area contributed by atoms with Gasteiger partial charge in [0.2, 0.25) is 0 Å². The first-order chi connectivity index (χ1) is 13.9. The number of hydrogen-bond donors (Lipinski definition) is 3. The van der Waals surface area contributed by atoms with E-state index in [0.717, 1.165) is 10.2 Å². The quantitative estimate of drug-likeness (QED) is 0.607. The number of benzene rings is 1. The standard InChI is InChI=1S/C19H20F3N7/c1-10-7-14(18(21)22)29(28-10)16-8-15(23-9-24-16)25-19-11(2)17(26-27-19)12-3-5-13(20)6-4-12/h3-9,11,17-19,26-27H,1-2H3,(H,23,24,25). The van der Waals surface area contributed by atoms with E-state index in [2.05, 4.69) is 31.2 Å². The number of aryl methyl sites for hydroxylation is 1. The van der Waals surface area contributed by atoms with Crippen LogP contribution in [0.5, 0.6) is 0 Å². The molecule has 152 valence electrons. The molecule has 3 atom stereocenters. The molecular weight excluding hydrogens is 383 g/mol. The van der Waals surface area contributed by atoms with E-state index in [4.69, 9.17) is 0 Å². The van der Waals surface area contributed by atoms with Gasteiger partial charge in [-0.1, -0.05) is 19.1 Å². The number of alkyl halides is 2. The zero-order valence-electron chi connectivity index (χ0n) is 15.8. The normalized spacial score (nSPS) is 21.7. The van der Waals surface area contributed by atoms with Crippen LogP contribution in [0.25, 0.3) is 5.82 Å². The fourth-order valence-corrected chi connectivity index (χ4v) is 3.42. The molecular formula is C19H20F3N7. The molecule has 3 N–H and O–H groups in total. The lowest BCUT2D eigenvalue weighted by Crippen LogP contribution is -2.38. The highest BCUT2D eigenvalue weighted by atomic mass is 19.3. The summed E-state index contributed by atoms with van der Waals surface area (Å²) in [4.78, 5) is 8.26. The third kappa shape index (κ3) is 3.94. The summed E-state index contributed by atoms with van der Waals surface area (Å²) in [6.07, 6.45) is -1.56. The zero-order valence-corrected chi connectivity index (χ0v) is 15.8. The number of hydrogen-bond acceptors (Lipinski definition) is 6. The highest BCUT2D eigenvalue weighted by Gasteiger charge is 2.33. The fourth-order valence-electron chi connectivity index (χ4n) is 3.42. The predicted molar refractivity (Wildman–Crippen MR) is 101 cm³/mol. The maximum atomic E-state index is 13.3. The Hall–Kier alpha value is -2.98. The van der Waals surface area contributed by atoms with Gasteiger partial charge >= 0.3 is 0 Å². The minimum absolute atomic E-state index is 0.0337. The lowest BCUT2D eigenvalue weighted by Gasteiger charge is -2.20. The van der Waals surface area contributed by atoms with Crippen molar-refractivity contribution in [2.24, 2.45) is 5.92 Å². The lowest BCUT2D eigenvalue weighted by molar-refractivity contribution is 0.142. The van der Waals surface area contributed by atoms with Gasteiger partial charge in [0.15, 0.2) is 5.82 Å². The largest absolute Gasteiger partial charge is 0.353 e. The van der Waals surface area contributed by atoms with Gasteiger partial charge < -0.3 is 5.32 Å². The minimum atomic E-state index is -2.67. The first-order valence-electron chi connectivity index (χ1n) is 9.12. The summed E-state index contributed by atoms with van der Waals surface area (Å²) < 4.78 is 40.8. The number of halogens is 3. The van der Waals surface area contributed by atoms with Crippen molar-refractivity contribution in [1.29, 1.82) is 0 Å². The second-order valence-electron chi connectivity index (χ2n) is 6.98. The molecule has 7 nitrogen and oxygen atoms in total. The summed E-state index contributed by atoms with van der Waals surface area (Å²) in [5, 5.41) is 7.35. The van der Waals surface area contributed by atoms with Crippen molar-refractivity contribution in [2.45, 2.75) is 32.5 Å². The van der Waals surface area contributed by atoms with Crippen LogP contribution >= 0.6 is 0 Å². The maximum absolute atomic E-state index is 13.3. The molecule has 3 heterocycles. The Morgan fingerprint density at radius 1 is 1.10 bits per heavy atom. The number of rotatable bonds is 5. The summed E-state index contributed by atoms with van der Waals surface area (Å²) in [5.41, 5.74) is 7.55. The van der Waals surface area contributed by atoms with Gasteiger partial charge in [0, 0.05) is 12.0 Å². The van der Waals surface area contributed by atoms with E-state index in [-0.39, 0.29) is 35.5 Å². The predicted octanol–water partition coefficient (Wildman–Crippen LogP) is 3.27. The fraction of sp³-hybridized carbons (Fsp3) is 0.316. The van der Waals surface area contributed by atoms with Crippen molar-refractivity contribution >= 4 is 5.82 Å². The Labute approximate surface area is 165 Å². The van der Waals surface area contributed by atoms with E-state index in [9.17, 15) is 13.2 Å². The lowest BCUT2D eigenvalue weighted by atomic mass is 9.94. The summed E-state index contributed by atoms with van der Waals surface area (Å²) >= 11 is 0. The van der Waals surface area contributed by atoms with E-state index >= 15 is 0 Å². The summed E-state index contributed by atoms with van der Waals surface area (Å²) in [6.45, 7) is 3.68. The number of hydrazine groups is 1. The molecule has 0 saturated carbocycles. The molecule has 0 aliphatic carbocycles. The highest BCUT2D eigenvalue weighted by molar-refractivity contribution is 5.42. The van der Waals surface area contributed by atoms with Gasteiger partial charge in [-0.3, -0.25) is 0 Å². The Kier molecular flexibility index (Phi) is 5.20. The van der Waals surface area contributed by atoms with Crippen LogP contribution in [0.2, 0.25) is 0 Å². The van der Waals surface area contributed by atoms with Crippen molar-refractivity contribution < 1.29 is 13.2 Å². The molecule has 1 aromatic carbocycles. The number of anilines is 1. The first kappa shape index (κ1) is 19.3. The van der Waals surface area contributed by atoms with Gasteiger partial charge in [0.05, 0.1) is 17.9 Å². The van der Waals surface area contributed by atoms with E-state index in [0.29, 0.717) is 11.5 Å². The molecule has 2 aromatic heterocycles. The van der Waals surface area contributed by atoms with E-state index < -0.39 is 6.43 Å². The topological polar surface area (TPSA) is 79.7 Å². The Morgan fingerprint density at radius 2 is 1.86 bits per heavy atom. The molecule has 4 rings (SSSR count). The van der Waals surface area contributed by atoms with Gasteiger partial charge in [-0.15, -0.1) is 0 Å². The molecule has 29 heavy (non-hydrogen) atoms. The van der Waals surface area contributed by atoms with Gasteiger partial charge in [0.25, 0.3) is 6.43 Å². The van der Waals surface area contributed by atoms with E-state index in [1.807, 2.05) is 6.92 Å². The molecule has 0 bridgehead atoms. The summed E-state index contributed by atoms with van der Waals surface area (Å²) in [7, 11) is 0. The van der Waals surface area contributed by atoms with Crippen LogP contribution < -0.4 is 16.2 Å². The zero-order chi connectivity index (χ0) is 20.5. The van der Waals surface area contributed by atoms with Crippen LogP contribution in [-0.4, -0.2) is 25.9 Å². The Morgan fingerprint density at radius 3 is 2.59 bits per heavy atom. The number of aromatic nitrogens is 4. The third-order valence-electron chi connectivity index (χ3n) is 4.93. The first-order valence-corrected chi connectivity index (χ1v) is 9.12. The second kappa shape index (κ2) is 7.80. The molecule has 0 spiro atoms. The average molecular weight is 403 g/mol. The van der Waals surface area contributed by atoms with Crippen molar-refractivity contribution in [3.05, 3.63) is 65.5 Å². The molecule has 3 unspecified atom stereocenters. The van der Waals surface area contributed by atoms with Gasteiger partial charge in [0.1, 0.15) is 23.7 Å². The number of nitrogens with zero attached hydrogens (tertiary/aromatic N) is 4. The Balaban J connectivity index is 1.52.